The lowest BCUT2D eigenvalue weighted by molar-refractivity contribution is -0.127. The summed E-state index contributed by atoms with van der Waals surface area (Å²) < 4.78 is 3.30. The Balaban J connectivity index is 0.000000184. The van der Waals surface area contributed by atoms with E-state index in [0.717, 1.165) is 43.4 Å². The van der Waals surface area contributed by atoms with Crippen LogP contribution in [-0.4, -0.2) is 82.9 Å². The third-order valence-corrected chi connectivity index (χ3v) is 12.3. The molecular formula is C50H50N8O7S2. The number of rotatable bonds is 15. The quantitative estimate of drug-likeness (QED) is 0.0621. The molecule has 0 aliphatic carbocycles. The van der Waals surface area contributed by atoms with Gasteiger partial charge in [0.25, 0.3) is 5.91 Å². The van der Waals surface area contributed by atoms with Gasteiger partial charge < -0.3 is 37.8 Å². The first-order valence-electron chi connectivity index (χ1n) is 20.9. The van der Waals surface area contributed by atoms with Crippen molar-refractivity contribution in [2.75, 3.05) is 0 Å². The molecular weight excluding hydrogens is 889 g/mol. The molecule has 0 saturated carbocycles. The summed E-state index contributed by atoms with van der Waals surface area (Å²) in [7, 11) is 0. The second-order valence-electron chi connectivity index (χ2n) is 15.3. The number of aromatic nitrogens is 4. The molecule has 67 heavy (non-hydrogen) atoms. The molecule has 0 aliphatic rings. The molecule has 0 bridgehead atoms. The molecule has 3 amide bonds. The Morgan fingerprint density at radius 1 is 0.597 bits per heavy atom. The maximum absolute atomic E-state index is 13.2. The van der Waals surface area contributed by atoms with E-state index in [1.54, 1.807) is 27.7 Å². The van der Waals surface area contributed by atoms with Crippen molar-refractivity contribution < 1.29 is 34.5 Å². The number of primary amides is 2. The van der Waals surface area contributed by atoms with Crippen molar-refractivity contribution in [3.63, 3.8) is 0 Å². The van der Waals surface area contributed by atoms with Crippen LogP contribution in [0.25, 0.3) is 32.5 Å². The third kappa shape index (κ3) is 13.3. The van der Waals surface area contributed by atoms with E-state index in [9.17, 15) is 34.5 Å². The van der Waals surface area contributed by atoms with Crippen LogP contribution in [0, 0.1) is 13.8 Å². The first-order chi connectivity index (χ1) is 32.2. The van der Waals surface area contributed by atoms with Crippen molar-refractivity contribution in [1.82, 2.24) is 24.9 Å². The molecule has 344 valence electrons. The van der Waals surface area contributed by atoms with Gasteiger partial charge in [0, 0.05) is 39.3 Å². The van der Waals surface area contributed by atoms with Crippen LogP contribution >= 0.6 is 22.7 Å². The fraction of sp³-hybridized carbons (Fsp3) is 0.160. The molecule has 4 unspecified atom stereocenters. The topological polar surface area (TPSA) is 255 Å². The van der Waals surface area contributed by atoms with Gasteiger partial charge in [-0.2, -0.15) is 10.2 Å². The number of nitrogens with two attached hydrogens (primary N) is 3. The highest BCUT2D eigenvalue weighted by Crippen LogP contribution is 2.29. The van der Waals surface area contributed by atoms with E-state index in [0.29, 0.717) is 22.0 Å². The van der Waals surface area contributed by atoms with Gasteiger partial charge >= 0.3 is 5.97 Å². The largest absolute Gasteiger partial charge is 0.478 e. The normalized spacial score (nSPS) is 12.6. The minimum absolute atomic E-state index is 0.259. The Hall–Kier alpha value is -7.54. The Kier molecular flexibility index (Phi) is 16.8. The van der Waals surface area contributed by atoms with E-state index in [-0.39, 0.29) is 12.0 Å². The molecule has 4 heterocycles. The minimum Gasteiger partial charge on any atom is -0.478 e. The van der Waals surface area contributed by atoms with Crippen LogP contribution in [0.2, 0.25) is 0 Å². The second kappa shape index (κ2) is 23.1. The van der Waals surface area contributed by atoms with Crippen LogP contribution in [0.1, 0.15) is 41.6 Å². The van der Waals surface area contributed by atoms with Gasteiger partial charge in [-0.25, -0.2) is 14.2 Å². The predicted molar refractivity (Wildman–Crippen MR) is 260 cm³/mol. The highest BCUT2D eigenvalue weighted by atomic mass is 32.1. The summed E-state index contributed by atoms with van der Waals surface area (Å²) in [6, 6.07) is 44.0. The summed E-state index contributed by atoms with van der Waals surface area (Å²) in [6.45, 7) is 3.80. The van der Waals surface area contributed by atoms with E-state index in [4.69, 9.17) is 17.2 Å². The number of hydrogen-bond donors (Lipinski definition) is 7. The number of amides is 3. The zero-order chi connectivity index (χ0) is 48.0. The second-order valence-corrected chi connectivity index (χ2v) is 17.8. The van der Waals surface area contributed by atoms with Crippen molar-refractivity contribution in [1.29, 1.82) is 0 Å². The minimum atomic E-state index is -1.52. The molecule has 8 rings (SSSR count). The van der Waals surface area contributed by atoms with Gasteiger partial charge in [0.2, 0.25) is 11.8 Å². The van der Waals surface area contributed by atoms with Crippen LogP contribution in [0.15, 0.2) is 158 Å². The van der Waals surface area contributed by atoms with Crippen LogP contribution < -0.4 is 22.5 Å². The third-order valence-electron chi connectivity index (χ3n) is 10.2. The van der Waals surface area contributed by atoms with Crippen molar-refractivity contribution >= 4 is 46.4 Å². The summed E-state index contributed by atoms with van der Waals surface area (Å²) in [4.78, 5) is 48.7. The monoisotopic (exact) mass is 938 g/mol. The fourth-order valence-electron chi connectivity index (χ4n) is 6.82. The number of carboxylic acid groups (broad SMARTS) is 1. The van der Waals surface area contributed by atoms with E-state index < -0.39 is 48.0 Å². The van der Waals surface area contributed by atoms with E-state index in [1.165, 1.54) is 22.7 Å². The fourth-order valence-corrected chi connectivity index (χ4v) is 8.69. The summed E-state index contributed by atoms with van der Waals surface area (Å²) in [5.41, 5.74) is 22.0. The van der Waals surface area contributed by atoms with Crippen molar-refractivity contribution in [2.24, 2.45) is 17.2 Å². The molecule has 15 nitrogen and oxygen atoms in total. The van der Waals surface area contributed by atoms with Crippen LogP contribution in [0.4, 0.5) is 0 Å². The van der Waals surface area contributed by atoms with E-state index >= 15 is 0 Å². The zero-order valence-electron chi connectivity index (χ0n) is 36.5. The van der Waals surface area contributed by atoms with E-state index in [2.05, 4.69) is 15.5 Å². The highest BCUT2D eigenvalue weighted by molar-refractivity contribution is 7.15. The zero-order valence-corrected chi connectivity index (χ0v) is 38.2. The van der Waals surface area contributed by atoms with Crippen LogP contribution in [0.5, 0.6) is 0 Å². The Bertz CT molecular complexity index is 2880. The van der Waals surface area contributed by atoms with E-state index in [1.807, 2.05) is 154 Å². The number of carbonyl (C=O) groups is 4. The maximum atomic E-state index is 13.2. The number of nitrogens with one attached hydrogen (secondary N) is 1. The van der Waals surface area contributed by atoms with Gasteiger partial charge in [-0.15, -0.1) is 22.7 Å². The summed E-state index contributed by atoms with van der Waals surface area (Å²) in [5, 5.41) is 42.0. The maximum Gasteiger partial charge on any atom is 0.338 e. The SMILES string of the molecule is Cc1cc(C(=O)NC(Cc2ccccc2)C(O)C(N)=O)c(-n2ccc(-c3ccccc3)n2)s1.Cc1cc(C(=O)O)c(-n2ccc(-c3ccccc3)n2)s1.NC(=O)C(O)C(N)Cc1ccccc1. The number of aliphatic hydroxyl groups is 2. The van der Waals surface area contributed by atoms with Crippen molar-refractivity contribution in [3.8, 4) is 32.5 Å². The first-order valence-corrected chi connectivity index (χ1v) is 22.6. The highest BCUT2D eigenvalue weighted by Gasteiger charge is 2.28. The Labute approximate surface area is 394 Å². The Morgan fingerprint density at radius 2 is 1.00 bits per heavy atom. The molecule has 0 saturated heterocycles. The van der Waals surface area contributed by atoms with Gasteiger partial charge in [0.05, 0.1) is 28.6 Å². The van der Waals surface area contributed by atoms with Gasteiger partial charge in [-0.05, 0) is 62.1 Å². The number of aryl methyl sites for hydroxylation is 2. The number of hydrogen-bond acceptors (Lipinski definition) is 11. The lowest BCUT2D eigenvalue weighted by Gasteiger charge is -2.22. The molecule has 4 aromatic carbocycles. The molecule has 0 fully saturated rings. The lowest BCUT2D eigenvalue weighted by Crippen LogP contribution is -2.50. The van der Waals surface area contributed by atoms with Crippen molar-refractivity contribution in [2.45, 2.75) is 51.0 Å². The van der Waals surface area contributed by atoms with Gasteiger partial charge in [-0.3, -0.25) is 14.4 Å². The van der Waals surface area contributed by atoms with Crippen LogP contribution in [0.3, 0.4) is 0 Å². The number of aromatic carboxylic acids is 1. The molecule has 0 radical (unpaired) electrons. The number of nitrogens with zero attached hydrogens (tertiary/aromatic N) is 4. The average Bonchev–Trinajstić information content (AvgIpc) is 4.17. The number of carbonyl (C=O) groups excluding carboxylic acids is 3. The molecule has 0 aliphatic heterocycles. The summed E-state index contributed by atoms with van der Waals surface area (Å²) in [6.07, 6.45) is 1.49. The summed E-state index contributed by atoms with van der Waals surface area (Å²) in [5.74, 6) is -3.01. The number of benzene rings is 4. The molecule has 17 heteroatoms. The summed E-state index contributed by atoms with van der Waals surface area (Å²) >= 11 is 2.86. The first kappa shape index (κ1) is 48.9. The van der Waals surface area contributed by atoms with Gasteiger partial charge in [0.15, 0.2) is 6.10 Å². The van der Waals surface area contributed by atoms with Crippen LogP contribution in [-0.2, 0) is 22.4 Å². The molecule has 10 N–H and O–H groups in total. The predicted octanol–water partition coefficient (Wildman–Crippen LogP) is 6.11. The molecule has 0 spiro atoms. The van der Waals surface area contributed by atoms with Gasteiger partial charge in [-0.1, -0.05) is 121 Å². The van der Waals surface area contributed by atoms with Gasteiger partial charge in [0.1, 0.15) is 16.1 Å². The number of thiophene rings is 2. The Morgan fingerprint density at radius 3 is 1.43 bits per heavy atom. The van der Waals surface area contributed by atoms with Crippen molar-refractivity contribution in [3.05, 3.63) is 190 Å². The smallest absolute Gasteiger partial charge is 0.338 e. The average molecular weight is 939 g/mol. The lowest BCUT2D eigenvalue weighted by atomic mass is 10.0. The molecule has 4 atom stereocenters. The number of aliphatic hydroxyl groups excluding tert-OH is 2. The molecule has 4 aromatic heterocycles. The number of carboxylic acids is 1. The molecule has 8 aromatic rings. The standard InChI is InChI=1S/C25H24N4O3S.C15H12N2O2S.C10H14N2O2/c1-16-14-19(25(33-16)29-13-12-20(28-29)18-10-6-3-7-11-18)24(32)27-21(22(30)23(26)31)15-17-8-4-2-5-9-17;1-10-9-12(15(18)19)14(20-10)17-8-7-13(16-17)11-5-3-2-4-6-11;11-8(9(13)10(12)14)6-7-4-2-1-3-5-7/h2-14,21-22,30H,15H2,1H3,(H2,26,31)(H,27,32);2-9H,1H3,(H,18,19);1-5,8-9,13H,6,11H2,(H2,12,14).